The summed E-state index contributed by atoms with van der Waals surface area (Å²) in [7, 11) is 0. The fourth-order valence-electron chi connectivity index (χ4n) is 3.08. The Morgan fingerprint density at radius 1 is 1.21 bits per heavy atom. The monoisotopic (exact) mass is 361 g/mol. The molecule has 0 radical (unpaired) electrons. The van der Waals surface area contributed by atoms with Crippen molar-refractivity contribution < 1.29 is 14.3 Å². The van der Waals surface area contributed by atoms with E-state index in [-0.39, 0.29) is 48.3 Å². The zero-order chi connectivity index (χ0) is 17.0. The second kappa shape index (κ2) is 9.59. The molecule has 2 rings (SSSR count). The maximum Gasteiger partial charge on any atom is 0.242 e. The van der Waals surface area contributed by atoms with Crippen LogP contribution in [0.3, 0.4) is 0 Å². The Bertz CT molecular complexity index is 425. The number of carbonyl (C=O) groups excluding carboxylic acids is 2. The fourth-order valence-corrected chi connectivity index (χ4v) is 3.08. The van der Waals surface area contributed by atoms with Crippen molar-refractivity contribution in [1.82, 2.24) is 15.5 Å². The average Bonchev–Trinajstić information content (AvgIpc) is 2.54. The van der Waals surface area contributed by atoms with E-state index >= 15 is 0 Å². The van der Waals surface area contributed by atoms with Gasteiger partial charge in [-0.2, -0.15) is 0 Å². The van der Waals surface area contributed by atoms with Gasteiger partial charge in [-0.3, -0.25) is 9.59 Å². The smallest absolute Gasteiger partial charge is 0.242 e. The summed E-state index contributed by atoms with van der Waals surface area (Å²) in [5.74, 6) is 0.685. The Morgan fingerprint density at radius 3 is 2.38 bits per heavy atom. The highest BCUT2D eigenvalue weighted by Crippen LogP contribution is 2.20. The molecule has 0 spiro atoms. The average molecular weight is 362 g/mol. The molecule has 2 saturated heterocycles. The molecule has 3 atom stereocenters. The number of hydrogen-bond donors (Lipinski definition) is 2. The number of likely N-dealkylation sites (tertiary alicyclic amines) is 1. The first-order chi connectivity index (χ1) is 10.9. The van der Waals surface area contributed by atoms with E-state index in [4.69, 9.17) is 4.74 Å². The highest BCUT2D eigenvalue weighted by molar-refractivity contribution is 5.85. The number of piperidine rings is 1. The molecule has 2 aliphatic rings. The largest absolute Gasteiger partial charge is 0.375 e. The molecule has 0 aromatic carbocycles. The standard InChI is InChI=1S/C17H31N3O3.ClH/c1-11(2)12(3)19-16(21)14-5-8-20(9-6-14)17(22)15-13(4)23-10-7-18-15;/h11-15,18H,5-10H2,1-4H3,(H,19,21);1H/t12?,13-,15+;/m1./s1. The molecule has 140 valence electrons. The van der Waals surface area contributed by atoms with Crippen molar-refractivity contribution in [2.24, 2.45) is 11.8 Å². The lowest BCUT2D eigenvalue weighted by atomic mass is 9.94. The first-order valence-corrected chi connectivity index (χ1v) is 8.84. The van der Waals surface area contributed by atoms with Crippen LogP contribution in [0.25, 0.3) is 0 Å². The lowest BCUT2D eigenvalue weighted by molar-refractivity contribution is -0.142. The van der Waals surface area contributed by atoms with Crippen molar-refractivity contribution in [3.63, 3.8) is 0 Å². The van der Waals surface area contributed by atoms with Crippen LogP contribution in [0.4, 0.5) is 0 Å². The molecule has 2 fully saturated rings. The third kappa shape index (κ3) is 5.33. The number of halogens is 1. The fraction of sp³-hybridized carbons (Fsp3) is 0.882. The summed E-state index contributed by atoms with van der Waals surface area (Å²) in [4.78, 5) is 26.8. The van der Waals surface area contributed by atoms with E-state index in [1.807, 2.05) is 18.7 Å². The lowest BCUT2D eigenvalue weighted by Gasteiger charge is -2.37. The molecule has 0 saturated carbocycles. The van der Waals surface area contributed by atoms with E-state index in [1.165, 1.54) is 0 Å². The number of rotatable bonds is 4. The van der Waals surface area contributed by atoms with Crippen LogP contribution in [0, 0.1) is 11.8 Å². The molecule has 0 bridgehead atoms. The Labute approximate surface area is 151 Å². The number of carbonyl (C=O) groups is 2. The maximum atomic E-state index is 12.6. The Hall–Kier alpha value is -0.850. The van der Waals surface area contributed by atoms with Crippen LogP contribution in [0.5, 0.6) is 0 Å². The van der Waals surface area contributed by atoms with Crippen LogP contribution in [-0.4, -0.2) is 61.1 Å². The summed E-state index contributed by atoms with van der Waals surface area (Å²) < 4.78 is 5.55. The molecule has 6 nitrogen and oxygen atoms in total. The van der Waals surface area contributed by atoms with E-state index in [1.54, 1.807) is 0 Å². The van der Waals surface area contributed by atoms with Crippen LogP contribution in [0.15, 0.2) is 0 Å². The molecular formula is C17H32ClN3O3. The van der Waals surface area contributed by atoms with Gasteiger partial charge < -0.3 is 20.3 Å². The number of amides is 2. The highest BCUT2D eigenvalue weighted by Gasteiger charge is 2.35. The molecule has 7 heteroatoms. The summed E-state index contributed by atoms with van der Waals surface area (Å²) in [6, 6.07) is -0.0679. The van der Waals surface area contributed by atoms with E-state index in [0.717, 1.165) is 12.8 Å². The molecule has 2 amide bonds. The molecule has 24 heavy (non-hydrogen) atoms. The van der Waals surface area contributed by atoms with Crippen LogP contribution in [0.1, 0.15) is 40.5 Å². The van der Waals surface area contributed by atoms with Crippen molar-refractivity contribution in [3.05, 3.63) is 0 Å². The van der Waals surface area contributed by atoms with Crippen molar-refractivity contribution >= 4 is 24.2 Å². The van der Waals surface area contributed by atoms with Gasteiger partial charge in [0.15, 0.2) is 0 Å². The van der Waals surface area contributed by atoms with Gasteiger partial charge in [-0.05, 0) is 32.6 Å². The predicted octanol–water partition coefficient (Wildman–Crippen LogP) is 1.18. The zero-order valence-corrected chi connectivity index (χ0v) is 16.0. The number of ether oxygens (including phenoxy) is 1. The van der Waals surface area contributed by atoms with Crippen molar-refractivity contribution in [1.29, 1.82) is 0 Å². The minimum Gasteiger partial charge on any atom is -0.375 e. The number of nitrogens with one attached hydrogen (secondary N) is 2. The Morgan fingerprint density at radius 2 is 1.83 bits per heavy atom. The van der Waals surface area contributed by atoms with Gasteiger partial charge in [-0.15, -0.1) is 12.4 Å². The van der Waals surface area contributed by atoms with Gasteiger partial charge in [0.05, 0.1) is 12.7 Å². The first-order valence-electron chi connectivity index (χ1n) is 8.84. The summed E-state index contributed by atoms with van der Waals surface area (Å²) in [6.45, 7) is 10.8. The van der Waals surface area contributed by atoms with E-state index in [9.17, 15) is 9.59 Å². The Kier molecular flexibility index (Phi) is 8.46. The van der Waals surface area contributed by atoms with Gasteiger partial charge in [0.1, 0.15) is 6.04 Å². The second-order valence-corrected chi connectivity index (χ2v) is 7.15. The van der Waals surface area contributed by atoms with Gasteiger partial charge in [0.2, 0.25) is 11.8 Å². The third-order valence-corrected chi connectivity index (χ3v) is 5.13. The molecule has 0 aliphatic carbocycles. The number of morpholine rings is 1. The molecule has 2 aliphatic heterocycles. The Balaban J connectivity index is 0.00000288. The predicted molar refractivity (Wildman–Crippen MR) is 96.2 cm³/mol. The van der Waals surface area contributed by atoms with E-state index in [2.05, 4.69) is 24.5 Å². The number of nitrogens with zero attached hydrogens (tertiary/aromatic N) is 1. The molecular weight excluding hydrogens is 330 g/mol. The van der Waals surface area contributed by atoms with Crippen molar-refractivity contribution in [2.45, 2.75) is 58.7 Å². The molecule has 2 heterocycles. The molecule has 1 unspecified atom stereocenters. The normalized spacial score (nSPS) is 26.6. The van der Waals surface area contributed by atoms with E-state index in [0.29, 0.717) is 32.2 Å². The van der Waals surface area contributed by atoms with Gasteiger partial charge in [-0.25, -0.2) is 0 Å². The summed E-state index contributed by atoms with van der Waals surface area (Å²) in [5.41, 5.74) is 0. The van der Waals surface area contributed by atoms with Gasteiger partial charge >= 0.3 is 0 Å². The van der Waals surface area contributed by atoms with Crippen molar-refractivity contribution in [3.8, 4) is 0 Å². The molecule has 0 aromatic rings. The lowest BCUT2D eigenvalue weighted by Crippen LogP contribution is -2.58. The molecule has 2 N–H and O–H groups in total. The first kappa shape index (κ1) is 21.2. The van der Waals surface area contributed by atoms with Gasteiger partial charge in [0.25, 0.3) is 0 Å². The summed E-state index contributed by atoms with van der Waals surface area (Å²) in [5, 5.41) is 6.33. The van der Waals surface area contributed by atoms with E-state index < -0.39 is 0 Å². The SMILES string of the molecule is CC(C)C(C)NC(=O)C1CCN(C(=O)[C@H]2NCCO[C@@H]2C)CC1.Cl. The van der Waals surface area contributed by atoms with Crippen molar-refractivity contribution in [2.75, 3.05) is 26.2 Å². The van der Waals surface area contributed by atoms with Crippen LogP contribution in [0.2, 0.25) is 0 Å². The maximum absolute atomic E-state index is 12.6. The van der Waals surface area contributed by atoms with Crippen LogP contribution in [-0.2, 0) is 14.3 Å². The minimum absolute atomic E-state index is 0. The van der Waals surface area contributed by atoms with Gasteiger partial charge in [-0.1, -0.05) is 13.8 Å². The van der Waals surface area contributed by atoms with Crippen LogP contribution < -0.4 is 10.6 Å². The zero-order valence-electron chi connectivity index (χ0n) is 15.2. The second-order valence-electron chi connectivity index (χ2n) is 7.15. The summed E-state index contributed by atoms with van der Waals surface area (Å²) in [6.07, 6.45) is 1.39. The minimum atomic E-state index is -0.255. The highest BCUT2D eigenvalue weighted by atomic mass is 35.5. The van der Waals surface area contributed by atoms with Gasteiger partial charge in [0, 0.05) is 31.6 Å². The molecule has 0 aromatic heterocycles. The third-order valence-electron chi connectivity index (χ3n) is 5.13. The number of hydrogen-bond acceptors (Lipinski definition) is 4. The van der Waals surface area contributed by atoms with Crippen LogP contribution >= 0.6 is 12.4 Å². The topological polar surface area (TPSA) is 70.7 Å². The summed E-state index contributed by atoms with van der Waals surface area (Å²) >= 11 is 0. The quantitative estimate of drug-likeness (QED) is 0.789.